The number of likely N-dealkylation sites (tertiary alicyclic amines) is 1. The van der Waals surface area contributed by atoms with E-state index >= 15 is 0 Å². The number of nitrogens with one attached hydrogen (secondary N) is 1. The van der Waals surface area contributed by atoms with Gasteiger partial charge in [-0.05, 0) is 68.2 Å². The van der Waals surface area contributed by atoms with Crippen LogP contribution in [0, 0.1) is 11.8 Å². The number of amides is 1. The number of carbonyl (C=O) groups excluding carboxylic acids is 1. The van der Waals surface area contributed by atoms with E-state index in [4.69, 9.17) is 4.74 Å². The molecule has 0 saturated carbocycles. The lowest BCUT2D eigenvalue weighted by molar-refractivity contribution is -0.118. The average molecular weight is 551 g/mol. The number of hydrogen-bond donors (Lipinski definition) is 2. The van der Waals surface area contributed by atoms with Crippen LogP contribution in [0.5, 0.6) is 0 Å². The number of aromatic nitrogens is 1. The van der Waals surface area contributed by atoms with Gasteiger partial charge < -0.3 is 20.1 Å². The first-order valence-electron chi connectivity index (χ1n) is 15.3. The van der Waals surface area contributed by atoms with Crippen molar-refractivity contribution in [3.63, 3.8) is 0 Å². The smallest absolute Gasteiger partial charge is 0.251 e. The predicted octanol–water partition coefficient (Wildman–Crippen LogP) is 5.96. The van der Waals surface area contributed by atoms with E-state index < -0.39 is 0 Å². The standard InChI is InChI=1S/C29H38N4O3.2C2H6/c1-21-26(23-6-8-25(34)9-7-23)3-2-4-27(21)29(35)31-24-11-13-32(14-12-24)20-22-5-10-28(30-19-22)33-15-17-36-18-16-33;2*1-2/h2,4-6,8-10,19,23-24,26,34H,3,7,11-18,20H2,1H3,(H,31,35);2*1-2H3. The number of rotatable bonds is 6. The van der Waals surface area contributed by atoms with Gasteiger partial charge in [-0.15, -0.1) is 0 Å². The normalized spacial score (nSPS) is 23.4. The molecule has 2 N–H and O–H groups in total. The number of pyridine rings is 1. The molecule has 2 unspecified atom stereocenters. The summed E-state index contributed by atoms with van der Waals surface area (Å²) in [6.45, 7) is 16.3. The van der Waals surface area contributed by atoms with Crippen LogP contribution in [-0.4, -0.2) is 66.3 Å². The van der Waals surface area contributed by atoms with Crippen molar-refractivity contribution < 1.29 is 14.6 Å². The first-order chi connectivity index (χ1) is 19.6. The number of ether oxygens (including phenoxy) is 1. The molecule has 2 saturated heterocycles. The van der Waals surface area contributed by atoms with Crippen molar-refractivity contribution in [1.82, 2.24) is 15.2 Å². The minimum Gasteiger partial charge on any atom is -0.508 e. The molecule has 2 aliphatic carbocycles. The van der Waals surface area contributed by atoms with Crippen LogP contribution < -0.4 is 10.2 Å². The number of piperidine rings is 1. The highest BCUT2D eigenvalue weighted by Crippen LogP contribution is 2.36. The molecule has 2 atom stereocenters. The van der Waals surface area contributed by atoms with Gasteiger partial charge in [0.25, 0.3) is 5.91 Å². The number of allylic oxidation sites excluding steroid dienone is 5. The van der Waals surface area contributed by atoms with Gasteiger partial charge >= 0.3 is 0 Å². The largest absolute Gasteiger partial charge is 0.508 e. The van der Waals surface area contributed by atoms with Crippen LogP contribution in [0.4, 0.5) is 5.82 Å². The average Bonchev–Trinajstić information content (AvgIpc) is 3.01. The van der Waals surface area contributed by atoms with Crippen LogP contribution in [0.2, 0.25) is 0 Å². The molecule has 1 aromatic rings. The van der Waals surface area contributed by atoms with E-state index in [2.05, 4.69) is 51.3 Å². The minimum atomic E-state index is 0.0491. The molecule has 0 spiro atoms. The van der Waals surface area contributed by atoms with E-state index in [0.29, 0.717) is 17.6 Å². The van der Waals surface area contributed by atoms with E-state index in [9.17, 15) is 9.90 Å². The topological polar surface area (TPSA) is 77.9 Å². The SMILES string of the molecule is CC.CC.CC1=C(C(=O)NC2CCN(Cc3ccc(N4CCOCC4)nc3)CC2)C=CCC1C1C=CC(O)=CC1. The molecule has 0 radical (unpaired) electrons. The van der Waals surface area contributed by atoms with Gasteiger partial charge in [-0.2, -0.15) is 0 Å². The summed E-state index contributed by atoms with van der Waals surface area (Å²) in [6.07, 6.45) is 15.5. The fourth-order valence-corrected chi connectivity index (χ4v) is 5.76. The van der Waals surface area contributed by atoms with E-state index in [1.165, 1.54) is 5.56 Å². The zero-order valence-electron chi connectivity index (χ0n) is 25.2. The van der Waals surface area contributed by atoms with Gasteiger partial charge in [0.05, 0.1) is 13.2 Å². The molecule has 220 valence electrons. The monoisotopic (exact) mass is 550 g/mol. The minimum absolute atomic E-state index is 0.0491. The third-order valence-electron chi connectivity index (χ3n) is 8.00. The Morgan fingerprint density at radius 1 is 1.05 bits per heavy atom. The molecule has 2 aliphatic heterocycles. The lowest BCUT2D eigenvalue weighted by Crippen LogP contribution is -2.45. The molecule has 0 bridgehead atoms. The van der Waals surface area contributed by atoms with E-state index in [1.54, 1.807) is 6.08 Å². The summed E-state index contributed by atoms with van der Waals surface area (Å²) in [5, 5.41) is 13.0. The quantitative estimate of drug-likeness (QED) is 0.455. The van der Waals surface area contributed by atoms with Gasteiger partial charge in [0, 0.05) is 50.5 Å². The fourth-order valence-electron chi connectivity index (χ4n) is 5.76. The van der Waals surface area contributed by atoms with Crippen molar-refractivity contribution in [3.8, 4) is 0 Å². The van der Waals surface area contributed by atoms with Crippen LogP contribution in [0.25, 0.3) is 0 Å². The van der Waals surface area contributed by atoms with Crippen LogP contribution in [-0.2, 0) is 16.1 Å². The summed E-state index contributed by atoms with van der Waals surface area (Å²) in [5.74, 6) is 2.05. The number of aliphatic hydroxyl groups excluding tert-OH is 1. The van der Waals surface area contributed by atoms with Crippen molar-refractivity contribution in [3.05, 3.63) is 71.2 Å². The molecule has 7 nitrogen and oxygen atoms in total. The third-order valence-corrected chi connectivity index (χ3v) is 8.00. The fraction of sp³-hybridized carbons (Fsp3) is 0.576. The van der Waals surface area contributed by atoms with Crippen molar-refractivity contribution in [2.75, 3.05) is 44.3 Å². The van der Waals surface area contributed by atoms with Crippen LogP contribution in [0.15, 0.2) is 65.6 Å². The predicted molar refractivity (Wildman–Crippen MR) is 164 cm³/mol. The highest BCUT2D eigenvalue weighted by Gasteiger charge is 2.28. The Hall–Kier alpha value is -2.90. The molecule has 5 rings (SSSR count). The lowest BCUT2D eigenvalue weighted by atomic mass is 9.76. The number of carbonyl (C=O) groups is 1. The number of aliphatic hydroxyl groups is 1. The molecule has 1 aromatic heterocycles. The molecule has 1 amide bonds. The Balaban J connectivity index is 0.00000106. The highest BCUT2D eigenvalue weighted by molar-refractivity contribution is 5.97. The van der Waals surface area contributed by atoms with Crippen molar-refractivity contribution >= 4 is 11.7 Å². The Kier molecular flexibility index (Phi) is 13.0. The summed E-state index contributed by atoms with van der Waals surface area (Å²) in [4.78, 5) is 22.6. The number of anilines is 1. The molecule has 7 heteroatoms. The van der Waals surface area contributed by atoms with E-state index in [0.717, 1.165) is 88.6 Å². The summed E-state index contributed by atoms with van der Waals surface area (Å²) in [6, 6.07) is 4.52. The molecule has 3 heterocycles. The Labute approximate surface area is 241 Å². The first-order valence-corrected chi connectivity index (χ1v) is 15.3. The van der Waals surface area contributed by atoms with E-state index in [1.807, 2.05) is 46.0 Å². The second kappa shape index (κ2) is 16.4. The Morgan fingerprint density at radius 2 is 1.77 bits per heavy atom. The third kappa shape index (κ3) is 8.55. The molecular formula is C33H50N4O3. The maximum atomic E-state index is 13.2. The Morgan fingerprint density at radius 3 is 2.40 bits per heavy atom. The maximum Gasteiger partial charge on any atom is 0.251 e. The van der Waals surface area contributed by atoms with Gasteiger partial charge in [-0.25, -0.2) is 4.98 Å². The zero-order valence-corrected chi connectivity index (χ0v) is 25.2. The number of hydrogen-bond acceptors (Lipinski definition) is 6. The van der Waals surface area contributed by atoms with Gasteiger partial charge in [0.2, 0.25) is 0 Å². The van der Waals surface area contributed by atoms with Crippen molar-refractivity contribution in [2.24, 2.45) is 11.8 Å². The van der Waals surface area contributed by atoms with Gasteiger partial charge in [-0.1, -0.05) is 57.6 Å². The van der Waals surface area contributed by atoms with Gasteiger partial charge in [-0.3, -0.25) is 9.69 Å². The lowest BCUT2D eigenvalue weighted by Gasteiger charge is -2.33. The van der Waals surface area contributed by atoms with Crippen LogP contribution in [0.1, 0.15) is 65.9 Å². The van der Waals surface area contributed by atoms with Crippen LogP contribution >= 0.6 is 0 Å². The number of nitrogens with zero attached hydrogens (tertiary/aromatic N) is 3. The highest BCUT2D eigenvalue weighted by atomic mass is 16.5. The maximum absolute atomic E-state index is 13.2. The van der Waals surface area contributed by atoms with E-state index in [-0.39, 0.29) is 11.9 Å². The first kappa shape index (κ1) is 31.6. The molecule has 2 fully saturated rings. The zero-order chi connectivity index (χ0) is 28.9. The molecular weight excluding hydrogens is 500 g/mol. The summed E-state index contributed by atoms with van der Waals surface area (Å²) >= 11 is 0. The summed E-state index contributed by atoms with van der Waals surface area (Å²) in [5.41, 5.74) is 3.20. The molecule has 40 heavy (non-hydrogen) atoms. The second-order valence-electron chi connectivity index (χ2n) is 10.4. The molecule has 4 aliphatic rings. The van der Waals surface area contributed by atoms with Gasteiger partial charge in [0.15, 0.2) is 0 Å². The number of morpholine rings is 1. The summed E-state index contributed by atoms with van der Waals surface area (Å²) < 4.78 is 5.43. The van der Waals surface area contributed by atoms with Crippen molar-refractivity contribution in [2.45, 2.75) is 72.9 Å². The Bertz CT molecular complexity index is 1050. The molecule has 0 aromatic carbocycles. The van der Waals surface area contributed by atoms with Crippen molar-refractivity contribution in [1.29, 1.82) is 0 Å². The summed E-state index contributed by atoms with van der Waals surface area (Å²) in [7, 11) is 0. The van der Waals surface area contributed by atoms with Crippen LogP contribution in [0.3, 0.4) is 0 Å². The second-order valence-corrected chi connectivity index (χ2v) is 10.4. The van der Waals surface area contributed by atoms with Gasteiger partial charge in [0.1, 0.15) is 11.6 Å².